The molecule has 116 valence electrons. The highest BCUT2D eigenvalue weighted by Crippen LogP contribution is 2.26. The first-order valence-corrected chi connectivity index (χ1v) is 7.50. The Morgan fingerprint density at radius 1 is 1.14 bits per heavy atom. The van der Waals surface area contributed by atoms with Gasteiger partial charge in [-0.2, -0.15) is 0 Å². The van der Waals surface area contributed by atoms with Crippen molar-refractivity contribution in [2.45, 2.75) is 26.3 Å². The molecule has 0 aliphatic carbocycles. The van der Waals surface area contributed by atoms with Gasteiger partial charge in [0, 0.05) is 23.0 Å². The zero-order valence-corrected chi connectivity index (χ0v) is 14.1. The summed E-state index contributed by atoms with van der Waals surface area (Å²) in [5.41, 5.74) is 1.56. The first-order valence-electron chi connectivity index (χ1n) is 6.74. The molecular formula is C16H17Cl2N3O. The summed E-state index contributed by atoms with van der Waals surface area (Å²) in [6, 6.07) is 6.64. The lowest BCUT2D eigenvalue weighted by molar-refractivity contribution is 0.102. The molecule has 6 heteroatoms. The van der Waals surface area contributed by atoms with Crippen LogP contribution in [-0.4, -0.2) is 16.4 Å². The number of anilines is 2. The molecule has 1 aromatic carbocycles. The van der Waals surface area contributed by atoms with E-state index in [4.69, 9.17) is 23.2 Å². The number of carbonyl (C=O) groups excluding carboxylic acids is 1. The number of amides is 1. The average molecular weight is 338 g/mol. The summed E-state index contributed by atoms with van der Waals surface area (Å²) >= 11 is 12.0. The maximum Gasteiger partial charge on any atom is 0.257 e. The molecule has 2 N–H and O–H groups in total. The molecule has 1 aromatic heterocycles. The van der Waals surface area contributed by atoms with Gasteiger partial charge in [-0.25, -0.2) is 0 Å². The van der Waals surface area contributed by atoms with Crippen molar-refractivity contribution in [1.29, 1.82) is 0 Å². The van der Waals surface area contributed by atoms with Crippen LogP contribution in [0.5, 0.6) is 0 Å². The second-order valence-electron chi connectivity index (χ2n) is 5.92. The predicted molar refractivity (Wildman–Crippen MR) is 92.0 cm³/mol. The second-order valence-corrected chi connectivity index (χ2v) is 6.76. The monoisotopic (exact) mass is 337 g/mol. The molecule has 22 heavy (non-hydrogen) atoms. The highest BCUT2D eigenvalue weighted by Gasteiger charge is 2.13. The summed E-state index contributed by atoms with van der Waals surface area (Å²) in [6.07, 6.45) is 3.18. The Morgan fingerprint density at radius 2 is 1.86 bits per heavy atom. The summed E-state index contributed by atoms with van der Waals surface area (Å²) in [6.45, 7) is 6.10. The number of pyridine rings is 1. The van der Waals surface area contributed by atoms with Crippen LogP contribution >= 0.6 is 23.2 Å². The number of nitrogens with zero attached hydrogens (tertiary/aromatic N) is 1. The van der Waals surface area contributed by atoms with Crippen molar-refractivity contribution >= 4 is 40.5 Å². The van der Waals surface area contributed by atoms with Gasteiger partial charge in [0.2, 0.25) is 0 Å². The van der Waals surface area contributed by atoms with Gasteiger partial charge in [-0.15, -0.1) is 0 Å². The molecule has 1 heterocycles. The van der Waals surface area contributed by atoms with Gasteiger partial charge in [0.15, 0.2) is 0 Å². The molecule has 0 aliphatic rings. The molecule has 0 bridgehead atoms. The molecule has 2 rings (SSSR count). The van der Waals surface area contributed by atoms with Gasteiger partial charge in [0.05, 0.1) is 22.0 Å². The first kappa shape index (κ1) is 16.6. The summed E-state index contributed by atoms with van der Waals surface area (Å²) in [7, 11) is 0. The number of halogens is 2. The van der Waals surface area contributed by atoms with Gasteiger partial charge < -0.3 is 10.6 Å². The summed E-state index contributed by atoms with van der Waals surface area (Å²) < 4.78 is 0. The third-order valence-corrected chi connectivity index (χ3v) is 3.26. The minimum Gasteiger partial charge on any atom is -0.379 e. The molecular weight excluding hydrogens is 321 g/mol. The van der Waals surface area contributed by atoms with Gasteiger partial charge in [-0.3, -0.25) is 9.78 Å². The second kappa shape index (κ2) is 6.55. The van der Waals surface area contributed by atoms with Crippen molar-refractivity contribution in [1.82, 2.24) is 4.98 Å². The Hall–Kier alpha value is -1.78. The molecule has 4 nitrogen and oxygen atoms in total. The Labute approximate surface area is 139 Å². The Morgan fingerprint density at radius 3 is 2.55 bits per heavy atom. The highest BCUT2D eigenvalue weighted by atomic mass is 35.5. The van der Waals surface area contributed by atoms with Crippen molar-refractivity contribution in [2.24, 2.45) is 0 Å². The predicted octanol–water partition coefficient (Wildman–Crippen LogP) is 4.85. The molecule has 1 amide bonds. The third kappa shape index (κ3) is 4.61. The smallest absolute Gasteiger partial charge is 0.257 e. The third-order valence-electron chi connectivity index (χ3n) is 2.70. The van der Waals surface area contributed by atoms with Gasteiger partial charge in [0.1, 0.15) is 0 Å². The number of carbonyl (C=O) groups is 1. The van der Waals surface area contributed by atoms with E-state index in [0.717, 1.165) is 5.69 Å². The largest absolute Gasteiger partial charge is 0.379 e. The van der Waals surface area contributed by atoms with Gasteiger partial charge in [0.25, 0.3) is 5.91 Å². The van der Waals surface area contributed by atoms with Crippen molar-refractivity contribution in [3.05, 3.63) is 52.3 Å². The fraction of sp³-hybridized carbons (Fsp3) is 0.250. The van der Waals surface area contributed by atoms with Crippen LogP contribution in [0.1, 0.15) is 31.1 Å². The van der Waals surface area contributed by atoms with Crippen molar-refractivity contribution in [2.75, 3.05) is 10.6 Å². The lowest BCUT2D eigenvalue weighted by Gasteiger charge is -2.22. The number of hydrogen-bond acceptors (Lipinski definition) is 3. The van der Waals surface area contributed by atoms with Crippen molar-refractivity contribution in [3.8, 4) is 0 Å². The molecule has 0 aliphatic heterocycles. The summed E-state index contributed by atoms with van der Waals surface area (Å²) in [5, 5.41) is 6.93. The number of benzene rings is 1. The normalized spacial score (nSPS) is 11.1. The van der Waals surface area contributed by atoms with Crippen LogP contribution in [0.3, 0.4) is 0 Å². The minimum absolute atomic E-state index is 0.118. The van der Waals surface area contributed by atoms with Gasteiger partial charge in [-0.1, -0.05) is 23.2 Å². The first-order chi connectivity index (χ1) is 10.2. The van der Waals surface area contributed by atoms with E-state index in [1.807, 2.05) is 20.8 Å². The molecule has 0 saturated heterocycles. The molecule has 0 fully saturated rings. The fourth-order valence-electron chi connectivity index (χ4n) is 1.85. The van der Waals surface area contributed by atoms with E-state index in [1.165, 1.54) is 6.20 Å². The number of nitrogens with one attached hydrogen (secondary N) is 2. The summed E-state index contributed by atoms with van der Waals surface area (Å²) in [4.78, 5) is 16.4. The maximum absolute atomic E-state index is 12.3. The van der Waals surface area contributed by atoms with Crippen LogP contribution in [0.25, 0.3) is 0 Å². The van der Waals surface area contributed by atoms with E-state index < -0.39 is 0 Å². The summed E-state index contributed by atoms with van der Waals surface area (Å²) in [5.74, 6) is -0.297. The van der Waals surface area contributed by atoms with E-state index in [-0.39, 0.29) is 11.4 Å². The lowest BCUT2D eigenvalue weighted by atomic mass is 10.1. The molecule has 0 atom stereocenters. The van der Waals surface area contributed by atoms with Gasteiger partial charge in [-0.05, 0) is 45.0 Å². The number of hydrogen-bond donors (Lipinski definition) is 2. The van der Waals surface area contributed by atoms with Crippen LogP contribution in [-0.2, 0) is 0 Å². The topological polar surface area (TPSA) is 54.0 Å². The highest BCUT2D eigenvalue weighted by molar-refractivity contribution is 6.35. The maximum atomic E-state index is 12.3. The molecule has 2 aromatic rings. The van der Waals surface area contributed by atoms with E-state index >= 15 is 0 Å². The van der Waals surface area contributed by atoms with Crippen LogP contribution in [0.2, 0.25) is 10.0 Å². The molecule has 0 unspecified atom stereocenters. The Kier molecular flexibility index (Phi) is 4.94. The quantitative estimate of drug-likeness (QED) is 0.841. The number of rotatable bonds is 3. The van der Waals surface area contributed by atoms with Crippen LogP contribution in [0.15, 0.2) is 36.7 Å². The molecule has 0 radical (unpaired) electrons. The van der Waals surface area contributed by atoms with Gasteiger partial charge >= 0.3 is 0 Å². The SMILES string of the molecule is CC(C)(C)Nc1cncc(C(=O)Nc2cc(Cl)ccc2Cl)c1. The zero-order valence-electron chi connectivity index (χ0n) is 12.6. The van der Waals surface area contributed by atoms with E-state index in [0.29, 0.717) is 21.3 Å². The van der Waals surface area contributed by atoms with E-state index in [9.17, 15) is 4.79 Å². The molecule has 0 spiro atoms. The molecule has 0 saturated carbocycles. The van der Waals surface area contributed by atoms with Crippen LogP contribution in [0.4, 0.5) is 11.4 Å². The minimum atomic E-state index is -0.297. The van der Waals surface area contributed by atoms with E-state index in [2.05, 4.69) is 15.6 Å². The number of aromatic nitrogens is 1. The fourth-order valence-corrected chi connectivity index (χ4v) is 2.19. The van der Waals surface area contributed by atoms with Crippen LogP contribution < -0.4 is 10.6 Å². The Bertz CT molecular complexity index is 696. The standard InChI is InChI=1S/C16H17Cl2N3O/c1-16(2,3)21-12-6-10(8-19-9-12)15(22)20-14-7-11(17)4-5-13(14)18/h4-9,21H,1-3H3,(H,20,22). The zero-order chi connectivity index (χ0) is 16.3. The Balaban J connectivity index is 2.19. The lowest BCUT2D eigenvalue weighted by Crippen LogP contribution is -2.26. The van der Waals surface area contributed by atoms with Crippen molar-refractivity contribution < 1.29 is 4.79 Å². The van der Waals surface area contributed by atoms with E-state index in [1.54, 1.807) is 30.5 Å². The van der Waals surface area contributed by atoms with Crippen LogP contribution in [0, 0.1) is 0 Å². The average Bonchev–Trinajstić information content (AvgIpc) is 2.41. The van der Waals surface area contributed by atoms with Crippen molar-refractivity contribution in [3.63, 3.8) is 0 Å².